The Morgan fingerprint density at radius 1 is 0.511 bits per heavy atom. The Morgan fingerprint density at radius 2 is 0.867 bits per heavy atom. The lowest BCUT2D eigenvalue weighted by molar-refractivity contribution is -0.129. The van der Waals surface area contributed by atoms with Crippen molar-refractivity contribution in [3.05, 3.63) is 0 Å². The summed E-state index contributed by atoms with van der Waals surface area (Å²) in [5, 5.41) is 13.7. The molecule has 0 saturated carbocycles. The summed E-state index contributed by atoms with van der Waals surface area (Å²) in [6.07, 6.45) is 7.35. The van der Waals surface area contributed by atoms with E-state index in [2.05, 4.69) is 26.6 Å². The molecular weight excluding hydrogens is 582 g/mol. The predicted octanol–water partition coefficient (Wildman–Crippen LogP) is -1.09. The Bertz CT molecular complexity index is 890. The van der Waals surface area contributed by atoms with Crippen LogP contribution in [0.5, 0.6) is 0 Å². The molecular formula is C30H59N9O6. The van der Waals surface area contributed by atoms with Crippen LogP contribution >= 0.6 is 0 Å². The zero-order valence-electron chi connectivity index (χ0n) is 27.1. The summed E-state index contributed by atoms with van der Waals surface area (Å²) in [4.78, 5) is 74.0. The molecule has 0 saturated heterocycles. The molecule has 0 bridgehead atoms. The summed E-state index contributed by atoms with van der Waals surface area (Å²) in [5.74, 6) is -2.14. The molecule has 45 heavy (non-hydrogen) atoms. The molecule has 0 unspecified atom stereocenters. The molecule has 0 aliphatic rings. The van der Waals surface area contributed by atoms with Crippen molar-refractivity contribution in [2.45, 2.75) is 121 Å². The number of nitrogens with two attached hydrogens (primary N) is 4. The quantitative estimate of drug-likeness (QED) is 0.0469. The van der Waals surface area contributed by atoms with Crippen LogP contribution in [0.1, 0.15) is 103 Å². The van der Waals surface area contributed by atoms with Crippen molar-refractivity contribution in [3.63, 3.8) is 0 Å². The van der Waals surface area contributed by atoms with Gasteiger partial charge in [0, 0.05) is 32.4 Å². The monoisotopic (exact) mass is 641 g/mol. The molecule has 0 fully saturated rings. The molecule has 0 aliphatic carbocycles. The van der Waals surface area contributed by atoms with Crippen molar-refractivity contribution >= 4 is 35.4 Å². The van der Waals surface area contributed by atoms with Crippen LogP contribution in [0.4, 0.5) is 0 Å². The summed E-state index contributed by atoms with van der Waals surface area (Å²) in [6, 6.07) is -2.18. The largest absolute Gasteiger partial charge is 0.368 e. The first-order valence-electron chi connectivity index (χ1n) is 16.4. The van der Waals surface area contributed by atoms with Crippen LogP contribution in [0.25, 0.3) is 0 Å². The van der Waals surface area contributed by atoms with Crippen LogP contribution in [0.2, 0.25) is 0 Å². The fraction of sp³-hybridized carbons (Fsp3) is 0.800. The first-order chi connectivity index (χ1) is 21.6. The number of carbonyl (C=O) groups excluding carboxylic acids is 6. The third kappa shape index (κ3) is 21.9. The van der Waals surface area contributed by atoms with E-state index in [1.807, 2.05) is 6.92 Å². The Balaban J connectivity index is 4.71. The summed E-state index contributed by atoms with van der Waals surface area (Å²) in [5.41, 5.74) is 22.0. The molecule has 0 aliphatic heterocycles. The van der Waals surface area contributed by atoms with Gasteiger partial charge in [-0.15, -0.1) is 0 Å². The van der Waals surface area contributed by atoms with E-state index in [1.54, 1.807) is 0 Å². The number of carbonyl (C=O) groups is 6. The Hall–Kier alpha value is -3.30. The van der Waals surface area contributed by atoms with Gasteiger partial charge in [-0.2, -0.15) is 0 Å². The number of amides is 6. The van der Waals surface area contributed by atoms with Crippen molar-refractivity contribution in [3.8, 4) is 0 Å². The van der Waals surface area contributed by atoms with Crippen LogP contribution in [0.3, 0.4) is 0 Å². The second kappa shape index (κ2) is 27.0. The standard InChI is InChI=1S/C30H59N9O6/c1-2-11-25(40)38-23(13-4-7-18-32)29(44)35-21-10-16-27(42)39-24(14-5-8-19-33)30(45)36-20-9-15-26(41)37-22(28(34)43)12-3-6-17-31/h22-24H,2-21,31-33H2,1H3,(H2,34,43)(H,35,44)(H,36,45)(H,37,41)(H,38,40)(H,39,42)/t22-,23-,24-/m0/s1. The van der Waals surface area contributed by atoms with E-state index in [0.717, 1.165) is 12.8 Å². The maximum absolute atomic E-state index is 12.8. The van der Waals surface area contributed by atoms with E-state index in [9.17, 15) is 28.8 Å². The molecule has 3 atom stereocenters. The second-order valence-corrected chi connectivity index (χ2v) is 11.2. The summed E-state index contributed by atoms with van der Waals surface area (Å²) < 4.78 is 0. The smallest absolute Gasteiger partial charge is 0.242 e. The molecule has 15 nitrogen and oxygen atoms in total. The number of primary amides is 1. The summed E-state index contributed by atoms with van der Waals surface area (Å²) in [7, 11) is 0. The Kier molecular flexibility index (Phi) is 25.1. The van der Waals surface area contributed by atoms with Gasteiger partial charge in [0.2, 0.25) is 35.4 Å². The zero-order chi connectivity index (χ0) is 33.9. The molecule has 0 spiro atoms. The van der Waals surface area contributed by atoms with Crippen LogP contribution in [0, 0.1) is 0 Å². The van der Waals surface area contributed by atoms with Crippen LogP contribution in [0.15, 0.2) is 0 Å². The highest BCUT2D eigenvalue weighted by Crippen LogP contribution is 2.05. The van der Waals surface area contributed by atoms with Crippen molar-refractivity contribution < 1.29 is 28.8 Å². The minimum Gasteiger partial charge on any atom is -0.368 e. The Morgan fingerprint density at radius 3 is 1.22 bits per heavy atom. The van der Waals surface area contributed by atoms with Crippen LogP contribution < -0.4 is 49.5 Å². The molecule has 0 aromatic heterocycles. The zero-order valence-corrected chi connectivity index (χ0v) is 27.1. The molecule has 0 aromatic rings. The molecule has 15 heteroatoms. The van der Waals surface area contributed by atoms with Gasteiger partial charge < -0.3 is 49.5 Å². The molecule has 0 heterocycles. The van der Waals surface area contributed by atoms with Crippen molar-refractivity contribution in [1.29, 1.82) is 0 Å². The first kappa shape index (κ1) is 41.7. The van der Waals surface area contributed by atoms with E-state index in [-0.39, 0.29) is 55.5 Å². The number of hydrogen-bond acceptors (Lipinski definition) is 9. The third-order valence-corrected chi connectivity index (χ3v) is 7.06. The third-order valence-electron chi connectivity index (χ3n) is 7.06. The van der Waals surface area contributed by atoms with E-state index >= 15 is 0 Å². The highest BCUT2D eigenvalue weighted by atomic mass is 16.2. The van der Waals surface area contributed by atoms with E-state index in [1.165, 1.54) is 0 Å². The minimum absolute atomic E-state index is 0.0903. The SMILES string of the molecule is CCCC(=O)N[C@@H](CCCCN)C(=O)NCCCC(=O)N[C@@H](CCCCN)C(=O)NCCCC(=O)N[C@@H](CCCCN)C(N)=O. The molecule has 260 valence electrons. The molecule has 13 N–H and O–H groups in total. The number of unbranched alkanes of at least 4 members (excludes halogenated alkanes) is 3. The topological polar surface area (TPSA) is 267 Å². The molecule has 0 rings (SSSR count). The maximum Gasteiger partial charge on any atom is 0.242 e. The summed E-state index contributed by atoms with van der Waals surface area (Å²) in [6.45, 7) is 3.78. The average Bonchev–Trinajstić information content (AvgIpc) is 3.00. The highest BCUT2D eigenvalue weighted by molar-refractivity contribution is 5.89. The van der Waals surface area contributed by atoms with Gasteiger partial charge in [0.25, 0.3) is 0 Å². The molecule has 6 amide bonds. The van der Waals surface area contributed by atoms with Gasteiger partial charge in [-0.3, -0.25) is 28.8 Å². The normalized spacial score (nSPS) is 12.8. The second-order valence-electron chi connectivity index (χ2n) is 11.2. The fourth-order valence-electron chi connectivity index (χ4n) is 4.50. The van der Waals surface area contributed by atoms with E-state index in [4.69, 9.17) is 22.9 Å². The van der Waals surface area contributed by atoms with Crippen LogP contribution in [-0.2, 0) is 28.8 Å². The highest BCUT2D eigenvalue weighted by Gasteiger charge is 2.22. The van der Waals surface area contributed by atoms with Crippen molar-refractivity contribution in [2.75, 3.05) is 32.7 Å². The predicted molar refractivity (Wildman–Crippen MR) is 173 cm³/mol. The van der Waals surface area contributed by atoms with E-state index in [0.29, 0.717) is 90.3 Å². The average molecular weight is 642 g/mol. The Labute approximate surface area is 267 Å². The molecule has 0 radical (unpaired) electrons. The van der Waals surface area contributed by atoms with Crippen molar-refractivity contribution in [1.82, 2.24) is 26.6 Å². The minimum atomic E-state index is -0.769. The van der Waals surface area contributed by atoms with Gasteiger partial charge in [0.1, 0.15) is 18.1 Å². The van der Waals surface area contributed by atoms with Gasteiger partial charge in [0.05, 0.1) is 0 Å². The number of nitrogens with one attached hydrogen (secondary N) is 5. The van der Waals surface area contributed by atoms with E-state index < -0.39 is 24.0 Å². The van der Waals surface area contributed by atoms with Gasteiger partial charge in [-0.05, 0) is 96.7 Å². The fourth-order valence-corrected chi connectivity index (χ4v) is 4.50. The van der Waals surface area contributed by atoms with Gasteiger partial charge in [0.15, 0.2) is 0 Å². The lowest BCUT2D eigenvalue weighted by atomic mass is 10.1. The lowest BCUT2D eigenvalue weighted by Gasteiger charge is -2.19. The van der Waals surface area contributed by atoms with Gasteiger partial charge in [-0.25, -0.2) is 0 Å². The number of rotatable bonds is 28. The van der Waals surface area contributed by atoms with Gasteiger partial charge >= 0.3 is 0 Å². The number of hydrogen-bond donors (Lipinski definition) is 9. The molecule has 0 aromatic carbocycles. The maximum atomic E-state index is 12.8. The summed E-state index contributed by atoms with van der Waals surface area (Å²) >= 11 is 0. The van der Waals surface area contributed by atoms with Crippen molar-refractivity contribution in [2.24, 2.45) is 22.9 Å². The first-order valence-corrected chi connectivity index (χ1v) is 16.4. The van der Waals surface area contributed by atoms with Crippen LogP contribution in [-0.4, -0.2) is 86.3 Å². The lowest BCUT2D eigenvalue weighted by Crippen LogP contribution is -2.48. The van der Waals surface area contributed by atoms with Gasteiger partial charge in [-0.1, -0.05) is 6.92 Å².